The van der Waals surface area contributed by atoms with Crippen molar-refractivity contribution in [1.82, 2.24) is 19.6 Å². The first-order chi connectivity index (χ1) is 24.8. The number of carbonyl (C=O) groups is 1. The Labute approximate surface area is 305 Å². The highest BCUT2D eigenvalue weighted by molar-refractivity contribution is 7.53. The van der Waals surface area contributed by atoms with Crippen molar-refractivity contribution in [2.75, 3.05) is 24.1 Å². The summed E-state index contributed by atoms with van der Waals surface area (Å²) < 4.78 is 38.0. The molecule has 2 aromatic heterocycles. The zero-order valence-corrected chi connectivity index (χ0v) is 32.0. The number of hydrogen-bond donors (Lipinski definition) is 2. The van der Waals surface area contributed by atoms with Crippen LogP contribution < -0.4 is 15.4 Å². The van der Waals surface area contributed by atoms with E-state index >= 15 is 0 Å². The zero-order chi connectivity index (χ0) is 37.5. The van der Waals surface area contributed by atoms with Crippen molar-refractivity contribution in [2.24, 2.45) is 5.92 Å². The van der Waals surface area contributed by atoms with Gasteiger partial charge >= 0.3 is 7.60 Å². The van der Waals surface area contributed by atoms with Crippen molar-refractivity contribution in [3.8, 4) is 5.75 Å². The maximum atomic E-state index is 13.5. The third-order valence-electron chi connectivity index (χ3n) is 8.19. The van der Waals surface area contributed by atoms with Crippen LogP contribution in [0.3, 0.4) is 0 Å². The van der Waals surface area contributed by atoms with Crippen molar-refractivity contribution >= 4 is 30.9 Å². The molecule has 3 aromatic carbocycles. The number of aromatic nitrogens is 4. The van der Waals surface area contributed by atoms with Gasteiger partial charge in [-0.05, 0) is 63.4 Å². The average molecular weight is 729 g/mol. The van der Waals surface area contributed by atoms with E-state index in [2.05, 4.69) is 34.9 Å². The fraction of sp³-hybridized carbons (Fsp3) is 0.385. The van der Waals surface area contributed by atoms with E-state index in [9.17, 15) is 9.36 Å². The second kappa shape index (κ2) is 16.8. The highest BCUT2D eigenvalue weighted by atomic mass is 31.2. The van der Waals surface area contributed by atoms with Crippen LogP contribution in [0.5, 0.6) is 5.75 Å². The normalized spacial score (nSPS) is 12.8. The van der Waals surface area contributed by atoms with E-state index in [1.54, 1.807) is 59.4 Å². The number of benzene rings is 3. The fourth-order valence-corrected chi connectivity index (χ4v) is 7.76. The predicted octanol–water partition coefficient (Wildman–Crippen LogP) is 8.08. The number of imidazole rings is 1. The molecular weight excluding hydrogens is 679 g/mol. The Kier molecular flexibility index (Phi) is 12.5. The minimum Gasteiger partial charge on any atom is -0.497 e. The molecule has 0 aliphatic carbocycles. The molecule has 0 saturated heterocycles. The number of anilines is 2. The molecule has 0 fully saturated rings. The molecule has 12 nitrogen and oxygen atoms in total. The molecule has 0 aliphatic rings. The lowest BCUT2D eigenvalue weighted by molar-refractivity contribution is -0.118. The van der Waals surface area contributed by atoms with Gasteiger partial charge < -0.3 is 23.8 Å². The molecule has 5 aromatic rings. The SMILES string of the molecule is COc1ccc(C(Nc2nc(NC(=O)C(C)C)nn3c(CC(C)OCP(=O)(OC(C)C)OC(C)C)cnc23)(c2ccccc2)c2ccccc2)cc1. The van der Waals surface area contributed by atoms with Crippen LogP contribution in [-0.2, 0) is 35.1 Å². The molecular formula is C39H49N6O6P. The highest BCUT2D eigenvalue weighted by Crippen LogP contribution is 2.50. The van der Waals surface area contributed by atoms with Crippen molar-refractivity contribution in [2.45, 2.75) is 78.7 Å². The van der Waals surface area contributed by atoms with Gasteiger partial charge in [-0.2, -0.15) is 4.98 Å². The zero-order valence-electron chi connectivity index (χ0n) is 31.1. The number of amides is 1. The van der Waals surface area contributed by atoms with Gasteiger partial charge in [0.25, 0.3) is 0 Å². The van der Waals surface area contributed by atoms with E-state index < -0.39 is 19.2 Å². The van der Waals surface area contributed by atoms with E-state index in [4.69, 9.17) is 33.6 Å². The third kappa shape index (κ3) is 9.05. The molecule has 52 heavy (non-hydrogen) atoms. The van der Waals surface area contributed by atoms with Crippen LogP contribution in [0.15, 0.2) is 91.1 Å². The number of ether oxygens (including phenoxy) is 2. The van der Waals surface area contributed by atoms with Crippen LogP contribution in [0.1, 0.15) is 70.9 Å². The second-order valence-electron chi connectivity index (χ2n) is 13.5. The average Bonchev–Trinajstić information content (AvgIpc) is 3.52. The summed E-state index contributed by atoms with van der Waals surface area (Å²) in [4.78, 5) is 22.6. The van der Waals surface area contributed by atoms with Gasteiger partial charge in [0.05, 0.1) is 37.3 Å². The summed E-state index contributed by atoms with van der Waals surface area (Å²) in [6.45, 7) is 12.7. The molecule has 0 aliphatic heterocycles. The van der Waals surface area contributed by atoms with Crippen LogP contribution in [0.25, 0.3) is 5.65 Å². The Morgan fingerprint density at radius 2 is 1.38 bits per heavy atom. The Balaban J connectivity index is 1.62. The molecule has 0 spiro atoms. The standard InChI is InChI=1S/C39H49N6O6P/c1-26(2)37(46)42-38-41-35(36-40-24-33(45(36)44-38)23-29(7)49-25-52(47,50-27(3)4)51-28(5)6)43-39(30-15-11-9-12-16-30,31-17-13-10-14-18-31)32-19-21-34(48-8)22-20-32/h9-22,24,26-29H,23,25H2,1-8H3,(H2,41,42,43,44,46). The largest absolute Gasteiger partial charge is 0.497 e. The molecule has 13 heteroatoms. The molecule has 0 saturated carbocycles. The highest BCUT2D eigenvalue weighted by Gasteiger charge is 2.38. The number of nitrogens with one attached hydrogen (secondary N) is 2. The molecule has 1 amide bonds. The molecule has 0 radical (unpaired) electrons. The first-order valence-corrected chi connectivity index (χ1v) is 19.2. The lowest BCUT2D eigenvalue weighted by Gasteiger charge is -2.37. The van der Waals surface area contributed by atoms with E-state index in [0.29, 0.717) is 23.6 Å². The smallest absolute Gasteiger partial charge is 0.356 e. The number of hydrogen-bond acceptors (Lipinski definition) is 10. The first kappa shape index (κ1) is 38.6. The van der Waals surface area contributed by atoms with E-state index in [1.807, 2.05) is 67.6 Å². The van der Waals surface area contributed by atoms with Gasteiger partial charge in [0, 0.05) is 12.3 Å². The molecule has 276 valence electrons. The van der Waals surface area contributed by atoms with E-state index in [1.165, 1.54) is 0 Å². The van der Waals surface area contributed by atoms with Crippen LogP contribution in [0.2, 0.25) is 0 Å². The Bertz CT molecular complexity index is 1920. The summed E-state index contributed by atoms with van der Waals surface area (Å²) in [5.41, 5.74) is 2.96. The number of fused-ring (bicyclic) bond motifs is 1. The molecule has 5 rings (SSSR count). The van der Waals surface area contributed by atoms with Crippen LogP contribution in [0, 0.1) is 5.92 Å². The van der Waals surface area contributed by atoms with E-state index in [0.717, 1.165) is 22.4 Å². The Morgan fingerprint density at radius 1 is 0.827 bits per heavy atom. The summed E-state index contributed by atoms with van der Waals surface area (Å²) in [6.07, 6.45) is 0.809. The van der Waals surface area contributed by atoms with Gasteiger partial charge in [0.15, 0.2) is 11.5 Å². The fourth-order valence-electron chi connectivity index (χ4n) is 5.87. The summed E-state index contributed by atoms with van der Waals surface area (Å²) in [5, 5.41) is 11.4. The number of rotatable bonds is 17. The van der Waals surface area contributed by atoms with Crippen molar-refractivity contribution in [1.29, 1.82) is 0 Å². The molecule has 1 unspecified atom stereocenters. The summed E-state index contributed by atoms with van der Waals surface area (Å²) in [7, 11) is -1.88. The van der Waals surface area contributed by atoms with Gasteiger partial charge in [-0.3, -0.25) is 14.7 Å². The number of methoxy groups -OCH3 is 1. The summed E-state index contributed by atoms with van der Waals surface area (Å²) in [5.74, 6) is 0.667. The lowest BCUT2D eigenvalue weighted by Crippen LogP contribution is -2.39. The van der Waals surface area contributed by atoms with Crippen LogP contribution >= 0.6 is 7.60 Å². The van der Waals surface area contributed by atoms with Gasteiger partial charge in [0.1, 0.15) is 17.6 Å². The van der Waals surface area contributed by atoms with Gasteiger partial charge in [0.2, 0.25) is 11.9 Å². The minimum absolute atomic E-state index is 0.103. The first-order valence-electron chi connectivity index (χ1n) is 17.5. The van der Waals surface area contributed by atoms with Gasteiger partial charge in [-0.15, -0.1) is 5.10 Å². The van der Waals surface area contributed by atoms with Crippen molar-refractivity contribution < 1.29 is 27.9 Å². The monoisotopic (exact) mass is 728 g/mol. The Hall–Kier alpha value is -4.61. The van der Waals surface area contributed by atoms with Gasteiger partial charge in [-0.1, -0.05) is 86.6 Å². The second-order valence-corrected chi connectivity index (χ2v) is 15.4. The predicted molar refractivity (Wildman–Crippen MR) is 203 cm³/mol. The third-order valence-corrected chi connectivity index (χ3v) is 10.1. The van der Waals surface area contributed by atoms with Crippen molar-refractivity contribution in [3.05, 3.63) is 114 Å². The van der Waals surface area contributed by atoms with Crippen LogP contribution in [-0.4, -0.2) is 57.3 Å². The molecule has 2 heterocycles. The maximum absolute atomic E-state index is 13.5. The van der Waals surface area contributed by atoms with Gasteiger partial charge in [-0.25, -0.2) is 9.50 Å². The molecule has 0 bridgehead atoms. The van der Waals surface area contributed by atoms with E-state index in [-0.39, 0.29) is 36.3 Å². The van der Waals surface area contributed by atoms with Crippen molar-refractivity contribution in [3.63, 3.8) is 0 Å². The maximum Gasteiger partial charge on any atom is 0.356 e. The minimum atomic E-state index is -3.52. The summed E-state index contributed by atoms with van der Waals surface area (Å²) in [6, 6.07) is 28.1. The number of carbonyl (C=O) groups excluding carboxylic acids is 1. The van der Waals surface area contributed by atoms with Crippen LogP contribution in [0.4, 0.5) is 11.8 Å². The molecule has 1 atom stereocenters. The molecule has 2 N–H and O–H groups in total. The quantitative estimate of drug-likeness (QED) is 0.0714. The topological polar surface area (TPSA) is 138 Å². The number of nitrogens with zero attached hydrogens (tertiary/aromatic N) is 4. The summed E-state index contributed by atoms with van der Waals surface area (Å²) >= 11 is 0. The lowest BCUT2D eigenvalue weighted by atomic mass is 9.77. The Morgan fingerprint density at radius 3 is 1.90 bits per heavy atom.